The van der Waals surface area contributed by atoms with Crippen molar-refractivity contribution in [1.29, 1.82) is 0 Å². The highest BCUT2D eigenvalue weighted by atomic mass is 32.2. The number of likely N-dealkylation sites (tertiary alicyclic amines) is 1. The molecule has 2 amide bonds. The maximum Gasteiger partial charge on any atom is 0.368 e. The first-order valence-corrected chi connectivity index (χ1v) is 10.7. The number of hydrogen-bond donors (Lipinski definition) is 1. The Balaban J connectivity index is 2.08. The van der Waals surface area contributed by atoms with Crippen LogP contribution in [0, 0.1) is 11.8 Å². The molecule has 0 aromatic heterocycles. The number of imide groups is 1. The number of ether oxygens (including phenoxy) is 1. The summed E-state index contributed by atoms with van der Waals surface area (Å²) in [4.78, 5) is 42.0. The van der Waals surface area contributed by atoms with Gasteiger partial charge in [0.15, 0.2) is 0 Å². The van der Waals surface area contributed by atoms with E-state index in [1.165, 1.54) is 19.1 Å². The SMILES string of the molecule is COC(=O)[C@]1(CCSC)[NH2+][C@@H](c2ccc(N(C)C)cc2)[C@@H]2C(=O)N(C)C(=O)[C@H]21. The molecular formula is C20H28N3O4S+. The van der Waals surface area contributed by atoms with Crippen molar-refractivity contribution in [2.45, 2.75) is 18.0 Å². The number of nitrogens with two attached hydrogens (primary N) is 1. The van der Waals surface area contributed by atoms with Crippen molar-refractivity contribution >= 4 is 35.2 Å². The summed E-state index contributed by atoms with van der Waals surface area (Å²) in [5, 5.41) is 1.91. The van der Waals surface area contributed by atoms with Crippen molar-refractivity contribution in [2.24, 2.45) is 11.8 Å². The van der Waals surface area contributed by atoms with Crippen LogP contribution in [0.15, 0.2) is 24.3 Å². The van der Waals surface area contributed by atoms with E-state index in [1.807, 2.05) is 54.8 Å². The first-order valence-electron chi connectivity index (χ1n) is 9.30. The van der Waals surface area contributed by atoms with Crippen molar-refractivity contribution in [2.75, 3.05) is 45.2 Å². The lowest BCUT2D eigenvalue weighted by atomic mass is 9.78. The summed E-state index contributed by atoms with van der Waals surface area (Å²) in [6.07, 6.45) is 2.43. The van der Waals surface area contributed by atoms with E-state index in [-0.39, 0.29) is 17.9 Å². The van der Waals surface area contributed by atoms with Crippen molar-refractivity contribution in [3.63, 3.8) is 0 Å². The fourth-order valence-electron chi connectivity index (χ4n) is 4.56. The van der Waals surface area contributed by atoms with E-state index in [4.69, 9.17) is 4.74 Å². The molecule has 1 aromatic rings. The smallest absolute Gasteiger partial charge is 0.368 e. The standard InChI is InChI=1S/C20H27N3O4S/c1-22(2)13-8-6-12(7-9-13)16-14-15(18(25)23(3)17(14)24)20(21-16,10-11-28-5)19(26)27-4/h6-9,14-16,21H,10-11H2,1-5H3/p+1/t14-,15+,16+,20-/m1/s1. The van der Waals surface area contributed by atoms with Gasteiger partial charge in [-0.3, -0.25) is 14.5 Å². The molecule has 8 heteroatoms. The molecule has 2 fully saturated rings. The quantitative estimate of drug-likeness (QED) is 0.539. The molecule has 2 aliphatic heterocycles. The molecule has 1 aromatic carbocycles. The zero-order valence-corrected chi connectivity index (χ0v) is 17.8. The van der Waals surface area contributed by atoms with E-state index < -0.39 is 23.3 Å². The number of esters is 1. The summed E-state index contributed by atoms with van der Waals surface area (Å²) >= 11 is 1.61. The largest absolute Gasteiger partial charge is 0.464 e. The average Bonchev–Trinajstić information content (AvgIpc) is 3.16. The molecule has 3 rings (SSSR count). The van der Waals surface area contributed by atoms with Crippen LogP contribution in [0.1, 0.15) is 18.0 Å². The van der Waals surface area contributed by atoms with Crippen molar-refractivity contribution < 1.29 is 24.4 Å². The number of quaternary nitrogens is 1. The predicted octanol–water partition coefficient (Wildman–Crippen LogP) is 0.267. The van der Waals surface area contributed by atoms with Gasteiger partial charge in [-0.15, -0.1) is 0 Å². The lowest BCUT2D eigenvalue weighted by Gasteiger charge is -2.28. The second-order valence-corrected chi connectivity index (χ2v) is 8.68. The molecule has 0 radical (unpaired) electrons. The van der Waals surface area contributed by atoms with Gasteiger partial charge >= 0.3 is 5.97 Å². The van der Waals surface area contributed by atoms with Crippen LogP contribution >= 0.6 is 11.8 Å². The maximum atomic E-state index is 13.0. The van der Waals surface area contributed by atoms with Crippen molar-refractivity contribution in [3.05, 3.63) is 29.8 Å². The summed E-state index contributed by atoms with van der Waals surface area (Å²) in [6, 6.07) is 7.63. The van der Waals surface area contributed by atoms with Gasteiger partial charge in [0, 0.05) is 38.8 Å². The van der Waals surface area contributed by atoms with Gasteiger partial charge in [-0.2, -0.15) is 11.8 Å². The molecule has 0 unspecified atom stereocenters. The summed E-state index contributed by atoms with van der Waals surface area (Å²) in [7, 11) is 6.78. The molecule has 0 saturated carbocycles. The number of rotatable bonds is 6. The lowest BCUT2D eigenvalue weighted by molar-refractivity contribution is -0.734. The highest BCUT2D eigenvalue weighted by molar-refractivity contribution is 7.98. The molecule has 152 valence electrons. The summed E-state index contributed by atoms with van der Waals surface area (Å²) in [5.41, 5.74) is 0.906. The molecule has 0 spiro atoms. The van der Waals surface area contributed by atoms with Gasteiger partial charge in [0.25, 0.3) is 0 Å². The predicted molar refractivity (Wildman–Crippen MR) is 108 cm³/mol. The minimum atomic E-state index is -1.08. The second kappa shape index (κ2) is 7.75. The number of fused-ring (bicyclic) bond motifs is 1. The summed E-state index contributed by atoms with van der Waals surface area (Å²) in [5.74, 6) is -1.51. The molecule has 2 heterocycles. The Labute approximate surface area is 169 Å². The Morgan fingerprint density at radius 1 is 1.25 bits per heavy atom. The number of hydrogen-bond acceptors (Lipinski definition) is 6. The molecule has 2 saturated heterocycles. The van der Waals surface area contributed by atoms with Gasteiger partial charge in [0.1, 0.15) is 17.9 Å². The van der Waals surface area contributed by atoms with Gasteiger partial charge in [-0.05, 0) is 24.1 Å². The molecule has 2 aliphatic rings. The number of carbonyl (C=O) groups is 3. The van der Waals surface area contributed by atoms with E-state index in [0.29, 0.717) is 12.2 Å². The molecule has 7 nitrogen and oxygen atoms in total. The fraction of sp³-hybridized carbons (Fsp3) is 0.550. The van der Waals surface area contributed by atoms with Crippen LogP contribution in [0.2, 0.25) is 0 Å². The fourth-order valence-corrected chi connectivity index (χ4v) is 5.10. The first-order chi connectivity index (χ1) is 13.3. The van der Waals surface area contributed by atoms with Gasteiger partial charge in [0.2, 0.25) is 17.4 Å². The highest BCUT2D eigenvalue weighted by Crippen LogP contribution is 2.45. The van der Waals surface area contributed by atoms with Gasteiger partial charge in [-0.1, -0.05) is 12.1 Å². The number of benzene rings is 1. The number of methoxy groups -OCH3 is 1. The molecule has 4 atom stereocenters. The topological polar surface area (TPSA) is 83.5 Å². The highest BCUT2D eigenvalue weighted by Gasteiger charge is 2.71. The Kier molecular flexibility index (Phi) is 5.72. The Morgan fingerprint density at radius 2 is 1.89 bits per heavy atom. The summed E-state index contributed by atoms with van der Waals surface area (Å²) < 4.78 is 5.13. The van der Waals surface area contributed by atoms with Crippen LogP contribution in [0.3, 0.4) is 0 Å². The second-order valence-electron chi connectivity index (χ2n) is 7.69. The van der Waals surface area contributed by atoms with Crippen LogP contribution in [0.25, 0.3) is 0 Å². The molecular weight excluding hydrogens is 378 g/mol. The maximum absolute atomic E-state index is 13.0. The van der Waals surface area contributed by atoms with E-state index in [9.17, 15) is 14.4 Å². The van der Waals surface area contributed by atoms with Crippen LogP contribution in [-0.2, 0) is 19.1 Å². The Hall–Kier alpha value is -2.06. The van der Waals surface area contributed by atoms with Crippen LogP contribution < -0.4 is 10.2 Å². The summed E-state index contributed by atoms with van der Waals surface area (Å²) in [6.45, 7) is 0. The monoisotopic (exact) mass is 406 g/mol. The number of thioether (sulfide) groups is 1. The van der Waals surface area contributed by atoms with E-state index in [0.717, 1.165) is 11.3 Å². The number of carbonyl (C=O) groups excluding carboxylic acids is 3. The van der Waals surface area contributed by atoms with E-state index in [2.05, 4.69) is 0 Å². The van der Waals surface area contributed by atoms with E-state index >= 15 is 0 Å². The number of nitrogens with zero attached hydrogens (tertiary/aromatic N) is 2. The van der Waals surface area contributed by atoms with Crippen LogP contribution in [0.4, 0.5) is 5.69 Å². The zero-order chi connectivity index (χ0) is 20.6. The van der Waals surface area contributed by atoms with Crippen LogP contribution in [-0.4, -0.2) is 68.5 Å². The number of anilines is 1. The molecule has 0 aliphatic carbocycles. The van der Waals surface area contributed by atoms with Crippen molar-refractivity contribution in [3.8, 4) is 0 Å². The molecule has 0 bridgehead atoms. The number of amides is 2. The van der Waals surface area contributed by atoms with Gasteiger partial charge in [-0.25, -0.2) is 4.79 Å². The zero-order valence-electron chi connectivity index (χ0n) is 17.0. The molecule has 2 N–H and O–H groups in total. The van der Waals surface area contributed by atoms with Crippen molar-refractivity contribution in [1.82, 2.24) is 4.90 Å². The van der Waals surface area contributed by atoms with E-state index in [1.54, 1.807) is 11.8 Å². The third kappa shape index (κ3) is 3.08. The third-order valence-electron chi connectivity index (χ3n) is 6.07. The first kappa shape index (κ1) is 20.7. The molecule has 28 heavy (non-hydrogen) atoms. The lowest BCUT2D eigenvalue weighted by Crippen LogP contribution is -2.98. The average molecular weight is 407 g/mol. The minimum Gasteiger partial charge on any atom is -0.464 e. The minimum absolute atomic E-state index is 0.220. The Bertz CT molecular complexity index is 782. The Morgan fingerprint density at radius 3 is 2.43 bits per heavy atom. The normalized spacial score (nSPS) is 29.2. The van der Waals surface area contributed by atoms with Crippen LogP contribution in [0.5, 0.6) is 0 Å². The third-order valence-corrected chi connectivity index (χ3v) is 6.68. The van der Waals surface area contributed by atoms with Gasteiger partial charge < -0.3 is 15.0 Å². The van der Waals surface area contributed by atoms with Gasteiger partial charge in [0.05, 0.1) is 7.11 Å².